The van der Waals surface area contributed by atoms with Crippen molar-refractivity contribution in [2.24, 2.45) is 0 Å². The fourth-order valence-electron chi connectivity index (χ4n) is 2.98. The van der Waals surface area contributed by atoms with Crippen molar-refractivity contribution < 1.29 is 9.53 Å². The van der Waals surface area contributed by atoms with Crippen LogP contribution in [0.3, 0.4) is 0 Å². The van der Waals surface area contributed by atoms with E-state index in [0.717, 1.165) is 44.8 Å². The average Bonchev–Trinajstić information content (AvgIpc) is 2.67. The number of rotatable bonds is 5. The van der Waals surface area contributed by atoms with Gasteiger partial charge in [0.15, 0.2) is 0 Å². The summed E-state index contributed by atoms with van der Waals surface area (Å²) in [5, 5.41) is 0.461. The molecule has 2 aromatic rings. The molecule has 1 amide bonds. The molecule has 0 atom stereocenters. The summed E-state index contributed by atoms with van der Waals surface area (Å²) in [6.45, 7) is 4.17. The average molecular weight is 396 g/mol. The van der Waals surface area contributed by atoms with Gasteiger partial charge >= 0.3 is 0 Å². The van der Waals surface area contributed by atoms with E-state index in [1.807, 2.05) is 29.3 Å². The molecule has 26 heavy (non-hydrogen) atoms. The number of carbonyl (C=O) groups is 1. The van der Waals surface area contributed by atoms with Crippen LogP contribution in [-0.4, -0.2) is 60.5 Å². The molecule has 1 aliphatic heterocycles. The second kappa shape index (κ2) is 9.76. The highest BCUT2D eigenvalue weighted by Gasteiger charge is 2.22. The molecule has 1 saturated heterocycles. The zero-order valence-corrected chi connectivity index (χ0v) is 16.3. The minimum absolute atomic E-state index is 0. The second-order valence-corrected chi connectivity index (χ2v) is 6.46. The van der Waals surface area contributed by atoms with Crippen LogP contribution in [0, 0.1) is 0 Å². The van der Waals surface area contributed by atoms with Crippen LogP contribution in [0.15, 0.2) is 42.6 Å². The van der Waals surface area contributed by atoms with Crippen molar-refractivity contribution in [1.29, 1.82) is 0 Å². The van der Waals surface area contributed by atoms with Gasteiger partial charge in [-0.2, -0.15) is 0 Å². The molecule has 7 heteroatoms. The van der Waals surface area contributed by atoms with Gasteiger partial charge in [0.05, 0.1) is 12.1 Å². The molecule has 1 aromatic carbocycles. The zero-order chi connectivity index (χ0) is 17.6. The minimum atomic E-state index is 0. The smallest absolute Gasteiger partial charge is 0.253 e. The lowest BCUT2D eigenvalue weighted by atomic mass is 10.1. The Hall–Kier alpha value is -1.82. The molecule has 0 aliphatic carbocycles. The van der Waals surface area contributed by atoms with Gasteiger partial charge in [-0.25, -0.2) is 0 Å². The SMILES string of the molecule is COc1ccc(C(=O)N2CCN(CCc3ccccn3)CC2)cc1Cl.Cl. The summed E-state index contributed by atoms with van der Waals surface area (Å²) in [7, 11) is 1.56. The van der Waals surface area contributed by atoms with Gasteiger partial charge in [0, 0.05) is 56.6 Å². The number of hydrogen-bond donors (Lipinski definition) is 0. The third-order valence-electron chi connectivity index (χ3n) is 4.47. The van der Waals surface area contributed by atoms with Gasteiger partial charge in [-0.05, 0) is 30.3 Å². The molecule has 0 bridgehead atoms. The number of carbonyl (C=O) groups excluding carboxylic acids is 1. The quantitative estimate of drug-likeness (QED) is 0.779. The number of piperazine rings is 1. The van der Waals surface area contributed by atoms with E-state index >= 15 is 0 Å². The summed E-state index contributed by atoms with van der Waals surface area (Å²) in [5.74, 6) is 0.603. The first-order valence-electron chi connectivity index (χ1n) is 8.42. The van der Waals surface area contributed by atoms with E-state index < -0.39 is 0 Å². The summed E-state index contributed by atoms with van der Waals surface area (Å²) in [5.41, 5.74) is 1.71. The molecule has 1 aliphatic rings. The van der Waals surface area contributed by atoms with Gasteiger partial charge in [0.2, 0.25) is 0 Å². The van der Waals surface area contributed by atoms with Gasteiger partial charge < -0.3 is 9.64 Å². The van der Waals surface area contributed by atoms with Crippen LogP contribution in [0.2, 0.25) is 5.02 Å². The monoisotopic (exact) mass is 395 g/mol. The molecule has 0 N–H and O–H groups in total. The first kappa shape index (κ1) is 20.5. The van der Waals surface area contributed by atoms with Crippen LogP contribution in [0.5, 0.6) is 5.75 Å². The predicted octanol–water partition coefficient (Wildman–Crippen LogP) is 3.17. The zero-order valence-electron chi connectivity index (χ0n) is 14.7. The highest BCUT2D eigenvalue weighted by molar-refractivity contribution is 6.32. The topological polar surface area (TPSA) is 45.7 Å². The Morgan fingerprint density at radius 1 is 1.19 bits per heavy atom. The van der Waals surface area contributed by atoms with E-state index in [2.05, 4.69) is 9.88 Å². The van der Waals surface area contributed by atoms with E-state index in [0.29, 0.717) is 16.3 Å². The van der Waals surface area contributed by atoms with Crippen molar-refractivity contribution in [3.05, 3.63) is 58.9 Å². The third-order valence-corrected chi connectivity index (χ3v) is 4.76. The van der Waals surface area contributed by atoms with Crippen molar-refractivity contribution in [3.63, 3.8) is 0 Å². The number of pyridine rings is 1. The lowest BCUT2D eigenvalue weighted by Gasteiger charge is -2.34. The molecule has 1 aromatic heterocycles. The summed E-state index contributed by atoms with van der Waals surface area (Å²) in [4.78, 5) is 21.2. The summed E-state index contributed by atoms with van der Waals surface area (Å²) in [6.07, 6.45) is 2.76. The van der Waals surface area contributed by atoms with Gasteiger partial charge in [-0.3, -0.25) is 14.7 Å². The standard InChI is InChI=1S/C19H22ClN3O2.ClH/c1-25-18-6-5-15(14-17(18)20)19(24)23-12-10-22(11-13-23)9-7-16-4-2-3-8-21-16;/h2-6,8,14H,7,9-13H2,1H3;1H. The van der Waals surface area contributed by atoms with E-state index in [4.69, 9.17) is 16.3 Å². The van der Waals surface area contributed by atoms with E-state index in [-0.39, 0.29) is 18.3 Å². The maximum absolute atomic E-state index is 12.6. The van der Waals surface area contributed by atoms with Crippen molar-refractivity contribution in [3.8, 4) is 5.75 Å². The summed E-state index contributed by atoms with van der Waals surface area (Å²) in [6, 6.07) is 11.2. The van der Waals surface area contributed by atoms with Gasteiger partial charge in [0.1, 0.15) is 5.75 Å². The van der Waals surface area contributed by atoms with Crippen LogP contribution < -0.4 is 4.74 Å². The number of halogens is 2. The molecule has 0 unspecified atom stereocenters. The normalized spacial score (nSPS) is 14.6. The van der Waals surface area contributed by atoms with Crippen LogP contribution in [0.25, 0.3) is 0 Å². The fraction of sp³-hybridized carbons (Fsp3) is 0.368. The molecule has 140 valence electrons. The lowest BCUT2D eigenvalue weighted by Crippen LogP contribution is -2.49. The predicted molar refractivity (Wildman–Crippen MR) is 106 cm³/mol. The Balaban J connectivity index is 0.00000243. The lowest BCUT2D eigenvalue weighted by molar-refractivity contribution is 0.0638. The molecule has 1 fully saturated rings. The molecule has 3 rings (SSSR count). The Morgan fingerprint density at radius 2 is 1.96 bits per heavy atom. The number of ether oxygens (including phenoxy) is 1. The Labute approximate surface area is 165 Å². The maximum atomic E-state index is 12.6. The van der Waals surface area contributed by atoms with Crippen molar-refractivity contribution in [2.45, 2.75) is 6.42 Å². The number of methoxy groups -OCH3 is 1. The van der Waals surface area contributed by atoms with Crippen LogP contribution >= 0.6 is 24.0 Å². The fourth-order valence-corrected chi connectivity index (χ4v) is 3.23. The van der Waals surface area contributed by atoms with E-state index in [1.54, 1.807) is 25.3 Å². The maximum Gasteiger partial charge on any atom is 0.253 e. The van der Waals surface area contributed by atoms with E-state index in [1.165, 1.54) is 0 Å². The van der Waals surface area contributed by atoms with Crippen molar-refractivity contribution in [2.75, 3.05) is 39.8 Å². The molecule has 2 heterocycles. The van der Waals surface area contributed by atoms with Crippen molar-refractivity contribution >= 4 is 29.9 Å². The molecular formula is C19H23Cl2N3O2. The van der Waals surface area contributed by atoms with Crippen LogP contribution in [-0.2, 0) is 6.42 Å². The number of amides is 1. The number of hydrogen-bond acceptors (Lipinski definition) is 4. The third kappa shape index (κ3) is 5.10. The van der Waals surface area contributed by atoms with Crippen LogP contribution in [0.1, 0.15) is 16.1 Å². The van der Waals surface area contributed by atoms with E-state index in [9.17, 15) is 4.79 Å². The first-order valence-corrected chi connectivity index (χ1v) is 8.80. The highest BCUT2D eigenvalue weighted by atomic mass is 35.5. The summed E-state index contributed by atoms with van der Waals surface area (Å²) < 4.78 is 5.13. The minimum Gasteiger partial charge on any atom is -0.495 e. The first-order chi connectivity index (χ1) is 12.2. The van der Waals surface area contributed by atoms with Gasteiger partial charge in [-0.1, -0.05) is 17.7 Å². The number of aromatic nitrogens is 1. The Morgan fingerprint density at radius 3 is 2.58 bits per heavy atom. The van der Waals surface area contributed by atoms with Gasteiger partial charge in [0.25, 0.3) is 5.91 Å². The molecule has 0 saturated carbocycles. The Kier molecular flexibility index (Phi) is 7.69. The molecule has 0 spiro atoms. The van der Waals surface area contributed by atoms with Crippen molar-refractivity contribution in [1.82, 2.24) is 14.8 Å². The Bertz CT molecular complexity index is 720. The van der Waals surface area contributed by atoms with Crippen LogP contribution in [0.4, 0.5) is 0 Å². The molecular weight excluding hydrogens is 373 g/mol. The number of nitrogens with zero attached hydrogens (tertiary/aromatic N) is 3. The largest absolute Gasteiger partial charge is 0.495 e. The highest BCUT2D eigenvalue weighted by Crippen LogP contribution is 2.25. The second-order valence-electron chi connectivity index (χ2n) is 6.05. The molecule has 5 nitrogen and oxygen atoms in total. The number of benzene rings is 1. The summed E-state index contributed by atoms with van der Waals surface area (Å²) >= 11 is 6.13. The molecule has 0 radical (unpaired) electrons. The van der Waals surface area contributed by atoms with Gasteiger partial charge in [-0.15, -0.1) is 12.4 Å².